The Bertz CT molecular complexity index is 672. The molecule has 0 bridgehead atoms. The Labute approximate surface area is 147 Å². The summed E-state index contributed by atoms with van der Waals surface area (Å²) in [7, 11) is -1.04. The molecule has 0 aliphatic heterocycles. The molecule has 2 nitrogen and oxygen atoms in total. The van der Waals surface area contributed by atoms with Gasteiger partial charge in [-0.05, 0) is 99.6 Å². The number of phenolic OH excluding ortho intramolecular Hbond substituents is 1. The number of rotatable bonds is 4. The van der Waals surface area contributed by atoms with Crippen LogP contribution in [0.2, 0.25) is 0 Å². The molecule has 2 rings (SSSR count). The fraction of sp³-hybridized carbons (Fsp3) is 0.333. The van der Waals surface area contributed by atoms with Crippen LogP contribution in [0.4, 0.5) is 5.69 Å². The van der Waals surface area contributed by atoms with Crippen molar-refractivity contribution in [2.75, 3.05) is 11.5 Å². The average molecular weight is 429 g/mol. The van der Waals surface area contributed by atoms with Crippen LogP contribution in [-0.2, 0) is 0 Å². The van der Waals surface area contributed by atoms with Crippen LogP contribution >= 0.6 is 28.4 Å². The topological polar surface area (TPSA) is 46.2 Å². The van der Waals surface area contributed by atoms with E-state index in [1.807, 2.05) is 6.07 Å². The SMILES string of the molecule is CCS(I)(c1ccc(O)cc1)C(C)c1ccc(N)c(C)c1C. The summed E-state index contributed by atoms with van der Waals surface area (Å²) in [4.78, 5) is 1.33. The highest BCUT2D eigenvalue weighted by atomic mass is 127. The molecule has 2 unspecified atom stereocenters. The summed E-state index contributed by atoms with van der Waals surface area (Å²) < 4.78 is 0. The highest BCUT2D eigenvalue weighted by Gasteiger charge is 2.30. The maximum absolute atomic E-state index is 9.55. The monoisotopic (exact) mass is 429 g/mol. The average Bonchev–Trinajstić information content (AvgIpc) is 2.52. The third-order valence-electron chi connectivity index (χ3n) is 4.52. The predicted molar refractivity (Wildman–Crippen MR) is 107 cm³/mol. The van der Waals surface area contributed by atoms with E-state index in [4.69, 9.17) is 5.73 Å². The molecule has 4 heteroatoms. The molecule has 0 fully saturated rings. The Morgan fingerprint density at radius 2 is 1.68 bits per heavy atom. The van der Waals surface area contributed by atoms with Gasteiger partial charge in [-0.15, -0.1) is 0 Å². The van der Waals surface area contributed by atoms with Gasteiger partial charge in [0, 0.05) is 10.9 Å². The first-order valence-corrected chi connectivity index (χ1v) is 11.9. The molecule has 0 heterocycles. The van der Waals surface area contributed by atoms with Crippen molar-refractivity contribution in [3.8, 4) is 5.75 Å². The van der Waals surface area contributed by atoms with Gasteiger partial charge in [0.15, 0.2) is 0 Å². The van der Waals surface area contributed by atoms with Gasteiger partial charge in [0.2, 0.25) is 0 Å². The highest BCUT2D eigenvalue weighted by molar-refractivity contribution is 14.2. The van der Waals surface area contributed by atoms with Crippen LogP contribution in [-0.4, -0.2) is 10.9 Å². The first-order chi connectivity index (χ1) is 10.3. The quantitative estimate of drug-likeness (QED) is 0.471. The van der Waals surface area contributed by atoms with Gasteiger partial charge in [-0.3, -0.25) is 0 Å². The molecule has 0 saturated heterocycles. The minimum absolute atomic E-state index is 0.324. The summed E-state index contributed by atoms with van der Waals surface area (Å²) in [6.07, 6.45) is 0. The van der Waals surface area contributed by atoms with E-state index in [1.165, 1.54) is 21.6 Å². The maximum Gasteiger partial charge on any atom is 0.115 e. The van der Waals surface area contributed by atoms with Crippen LogP contribution in [0.3, 0.4) is 0 Å². The molecule has 2 aromatic rings. The Kier molecular flexibility index (Phi) is 5.33. The third kappa shape index (κ3) is 3.08. The van der Waals surface area contributed by atoms with Gasteiger partial charge in [-0.1, -0.05) is 13.0 Å². The number of hydrogen-bond acceptors (Lipinski definition) is 2. The molecule has 3 N–H and O–H groups in total. The van der Waals surface area contributed by atoms with E-state index in [0.717, 1.165) is 11.4 Å². The van der Waals surface area contributed by atoms with Gasteiger partial charge in [0.05, 0.1) is 0 Å². The summed E-state index contributed by atoms with van der Waals surface area (Å²) in [5.41, 5.74) is 10.8. The van der Waals surface area contributed by atoms with Crippen molar-refractivity contribution < 1.29 is 5.11 Å². The Morgan fingerprint density at radius 3 is 2.23 bits per heavy atom. The van der Waals surface area contributed by atoms with E-state index in [2.05, 4.69) is 67.1 Å². The molecule has 0 aliphatic rings. The Balaban J connectivity index is 2.51. The van der Waals surface area contributed by atoms with Gasteiger partial charge < -0.3 is 10.8 Å². The predicted octanol–water partition coefficient (Wildman–Crippen LogP) is 5.89. The van der Waals surface area contributed by atoms with E-state index in [1.54, 1.807) is 12.1 Å². The van der Waals surface area contributed by atoms with Gasteiger partial charge in [0.1, 0.15) is 5.75 Å². The van der Waals surface area contributed by atoms with Crippen LogP contribution in [0.1, 0.15) is 35.8 Å². The third-order valence-corrected chi connectivity index (χ3v) is 13.5. The molecule has 120 valence electrons. The van der Waals surface area contributed by atoms with E-state index < -0.39 is 7.20 Å². The lowest BCUT2D eigenvalue weighted by atomic mass is 10.00. The summed E-state index contributed by atoms with van der Waals surface area (Å²) in [5, 5.41) is 9.99. The van der Waals surface area contributed by atoms with Crippen molar-refractivity contribution in [3.05, 3.63) is 53.1 Å². The van der Waals surface area contributed by atoms with E-state index in [-0.39, 0.29) is 0 Å². The number of phenols is 1. The molecular formula is C18H24INOS. The molecule has 2 aromatic carbocycles. The molecule has 0 saturated carbocycles. The number of aromatic hydroxyl groups is 1. The first kappa shape index (κ1) is 17.5. The van der Waals surface area contributed by atoms with Gasteiger partial charge in [0.25, 0.3) is 0 Å². The zero-order valence-corrected chi connectivity index (χ0v) is 16.5. The van der Waals surface area contributed by atoms with Crippen LogP contribution in [0.5, 0.6) is 5.75 Å². The Morgan fingerprint density at radius 1 is 1.09 bits per heavy atom. The molecule has 0 spiro atoms. The minimum atomic E-state index is -1.04. The molecule has 0 aliphatic carbocycles. The fourth-order valence-corrected chi connectivity index (χ4v) is 6.99. The maximum atomic E-state index is 9.55. The van der Waals surface area contributed by atoms with Crippen molar-refractivity contribution in [2.45, 2.75) is 37.8 Å². The minimum Gasteiger partial charge on any atom is -0.508 e. The molecule has 0 aromatic heterocycles. The van der Waals surface area contributed by atoms with Crippen molar-refractivity contribution in [1.82, 2.24) is 0 Å². The number of nitrogens with two attached hydrogens (primary N) is 1. The van der Waals surface area contributed by atoms with Crippen molar-refractivity contribution in [1.29, 1.82) is 0 Å². The zero-order valence-electron chi connectivity index (χ0n) is 13.6. The summed E-state index contributed by atoms with van der Waals surface area (Å²) >= 11 is 2.65. The second kappa shape index (κ2) is 6.71. The first-order valence-electron chi connectivity index (χ1n) is 7.45. The molecule has 2 atom stereocenters. The summed E-state index contributed by atoms with van der Waals surface area (Å²) in [6, 6.07) is 11.9. The number of halogens is 1. The number of benzene rings is 2. The van der Waals surface area contributed by atoms with E-state index >= 15 is 0 Å². The van der Waals surface area contributed by atoms with Crippen molar-refractivity contribution >= 4 is 34.1 Å². The fourth-order valence-electron chi connectivity index (χ4n) is 2.80. The van der Waals surface area contributed by atoms with Crippen LogP contribution < -0.4 is 5.73 Å². The lowest BCUT2D eigenvalue weighted by molar-refractivity contribution is 0.475. The number of anilines is 1. The van der Waals surface area contributed by atoms with Gasteiger partial charge >= 0.3 is 0 Å². The van der Waals surface area contributed by atoms with E-state index in [0.29, 0.717) is 11.0 Å². The zero-order chi connectivity index (χ0) is 16.5. The number of hydrogen-bond donors (Lipinski definition) is 2. The van der Waals surface area contributed by atoms with Crippen LogP contribution in [0, 0.1) is 13.8 Å². The smallest absolute Gasteiger partial charge is 0.115 e. The number of nitrogen functional groups attached to an aromatic ring is 1. The normalized spacial score (nSPS) is 16.8. The largest absolute Gasteiger partial charge is 0.508 e. The second-order valence-corrected chi connectivity index (χ2v) is 13.5. The van der Waals surface area contributed by atoms with Gasteiger partial charge in [-0.2, -0.15) is 7.20 Å². The molecule has 0 radical (unpaired) electrons. The van der Waals surface area contributed by atoms with Gasteiger partial charge in [-0.25, -0.2) is 0 Å². The van der Waals surface area contributed by atoms with Crippen molar-refractivity contribution in [2.24, 2.45) is 0 Å². The van der Waals surface area contributed by atoms with Crippen LogP contribution in [0.15, 0.2) is 41.3 Å². The molecule has 0 amide bonds. The standard InChI is InChI=1S/C18H24INOS/c1-5-22(19,16-8-6-15(21)7-9-16)14(4)17-10-11-18(20)13(3)12(17)2/h6-11,14,21H,5,20H2,1-4H3. The van der Waals surface area contributed by atoms with E-state index in [9.17, 15) is 5.11 Å². The molecule has 22 heavy (non-hydrogen) atoms. The Hall–Kier alpha value is -0.880. The summed E-state index contributed by atoms with van der Waals surface area (Å²) in [6.45, 7) is 8.83. The summed E-state index contributed by atoms with van der Waals surface area (Å²) in [5.74, 6) is 1.42. The lowest BCUT2D eigenvalue weighted by Gasteiger charge is -2.40. The second-order valence-electron chi connectivity index (χ2n) is 5.62. The lowest BCUT2D eigenvalue weighted by Crippen LogP contribution is -2.08. The van der Waals surface area contributed by atoms with Crippen molar-refractivity contribution in [3.63, 3.8) is 0 Å². The molecular weight excluding hydrogens is 405 g/mol. The van der Waals surface area contributed by atoms with Crippen LogP contribution in [0.25, 0.3) is 0 Å². The highest BCUT2D eigenvalue weighted by Crippen LogP contribution is 2.72.